The van der Waals surface area contributed by atoms with E-state index in [0.29, 0.717) is 24.2 Å². The number of ether oxygens (including phenoxy) is 1. The maximum atomic E-state index is 14.9. The van der Waals surface area contributed by atoms with Crippen LogP contribution in [0.25, 0.3) is 11.1 Å². The van der Waals surface area contributed by atoms with Crippen molar-refractivity contribution in [3.8, 4) is 0 Å². The molecular formula is C29H38F2N4O2. The van der Waals surface area contributed by atoms with Gasteiger partial charge in [-0.05, 0) is 87.4 Å². The first kappa shape index (κ1) is 27.2. The highest BCUT2D eigenvalue weighted by Crippen LogP contribution is 2.31. The number of nitrogens with zero attached hydrogens (tertiary/aromatic N) is 3. The molecule has 4 rings (SSSR count). The summed E-state index contributed by atoms with van der Waals surface area (Å²) < 4.78 is 36.6. The molecule has 1 aromatic carbocycles. The first-order valence-corrected chi connectivity index (χ1v) is 13.4. The van der Waals surface area contributed by atoms with Gasteiger partial charge in [0, 0.05) is 12.1 Å². The maximum Gasteiger partial charge on any atom is 0.313 e. The van der Waals surface area contributed by atoms with Crippen LogP contribution in [0, 0.1) is 23.0 Å². The number of rotatable bonds is 9. The summed E-state index contributed by atoms with van der Waals surface area (Å²) >= 11 is 0. The Kier molecular flexibility index (Phi) is 8.90. The molecule has 1 aromatic heterocycles. The third kappa shape index (κ3) is 7.34. The summed E-state index contributed by atoms with van der Waals surface area (Å²) in [7, 11) is 0. The summed E-state index contributed by atoms with van der Waals surface area (Å²) in [5.41, 5.74) is 1.59. The number of nitrogens with one attached hydrogen (secondary N) is 1. The molecular weight excluding hydrogens is 474 g/mol. The van der Waals surface area contributed by atoms with Crippen molar-refractivity contribution >= 4 is 17.1 Å². The second-order valence-electron chi connectivity index (χ2n) is 11.2. The van der Waals surface area contributed by atoms with Gasteiger partial charge in [-0.25, -0.2) is 18.4 Å². The van der Waals surface area contributed by atoms with Crippen molar-refractivity contribution in [2.24, 2.45) is 11.3 Å². The van der Waals surface area contributed by atoms with Gasteiger partial charge in [-0.3, -0.25) is 4.79 Å². The average Bonchev–Trinajstić information content (AvgIpc) is 3.35. The first-order chi connectivity index (χ1) is 17.7. The van der Waals surface area contributed by atoms with Crippen LogP contribution in [0.15, 0.2) is 30.6 Å². The third-order valence-corrected chi connectivity index (χ3v) is 7.10. The molecule has 0 spiro atoms. The smallest absolute Gasteiger partial charge is 0.313 e. The number of carbonyl (C=O) groups is 1. The fourth-order valence-corrected chi connectivity index (χ4v) is 4.86. The SMILES string of the molecule is CC(C)(C)C(=O)OCn1cnc(C2=CC(c3cc(F)c(CNCCC4CCCCC4)c(F)c3)=CCC2)n1. The summed E-state index contributed by atoms with van der Waals surface area (Å²) in [6, 6.07) is 2.81. The zero-order valence-electron chi connectivity index (χ0n) is 22.2. The topological polar surface area (TPSA) is 69.0 Å². The van der Waals surface area contributed by atoms with Gasteiger partial charge in [0.05, 0.1) is 5.41 Å². The molecule has 2 aromatic rings. The molecule has 0 saturated heterocycles. The normalized spacial score (nSPS) is 16.9. The zero-order chi connectivity index (χ0) is 26.4. The molecule has 0 amide bonds. The molecule has 2 aliphatic carbocycles. The van der Waals surface area contributed by atoms with E-state index in [1.807, 2.05) is 12.2 Å². The molecule has 8 heteroatoms. The van der Waals surface area contributed by atoms with Gasteiger partial charge in [0.2, 0.25) is 0 Å². The van der Waals surface area contributed by atoms with Gasteiger partial charge in [0.15, 0.2) is 12.6 Å². The molecule has 0 aliphatic heterocycles. The van der Waals surface area contributed by atoms with Crippen LogP contribution in [0.4, 0.5) is 8.78 Å². The fraction of sp³-hybridized carbons (Fsp3) is 0.552. The van der Waals surface area contributed by atoms with Crippen LogP contribution < -0.4 is 5.32 Å². The van der Waals surface area contributed by atoms with Crippen molar-refractivity contribution in [2.45, 2.75) is 85.4 Å². The molecule has 1 heterocycles. The lowest BCUT2D eigenvalue weighted by molar-refractivity contribution is -0.157. The summed E-state index contributed by atoms with van der Waals surface area (Å²) in [5, 5.41) is 7.65. The van der Waals surface area contributed by atoms with Crippen molar-refractivity contribution in [3.63, 3.8) is 0 Å². The van der Waals surface area contributed by atoms with E-state index in [2.05, 4.69) is 15.4 Å². The van der Waals surface area contributed by atoms with E-state index in [9.17, 15) is 13.6 Å². The lowest BCUT2D eigenvalue weighted by Gasteiger charge is -2.21. The van der Waals surface area contributed by atoms with Gasteiger partial charge in [-0.2, -0.15) is 0 Å². The van der Waals surface area contributed by atoms with Gasteiger partial charge in [-0.1, -0.05) is 38.2 Å². The van der Waals surface area contributed by atoms with E-state index >= 15 is 0 Å². The van der Waals surface area contributed by atoms with Crippen molar-refractivity contribution in [3.05, 3.63) is 59.2 Å². The van der Waals surface area contributed by atoms with Crippen LogP contribution in [0.5, 0.6) is 0 Å². The number of halogens is 2. The summed E-state index contributed by atoms with van der Waals surface area (Å²) in [5.74, 6) is -0.151. The van der Waals surface area contributed by atoms with Crippen LogP contribution in [-0.4, -0.2) is 27.3 Å². The molecule has 1 N–H and O–H groups in total. The van der Waals surface area contributed by atoms with E-state index in [0.717, 1.165) is 30.0 Å². The van der Waals surface area contributed by atoms with Gasteiger partial charge >= 0.3 is 5.97 Å². The van der Waals surface area contributed by atoms with Gasteiger partial charge in [0.1, 0.15) is 18.0 Å². The Hall–Kier alpha value is -2.87. The summed E-state index contributed by atoms with van der Waals surface area (Å²) in [6.45, 7) is 6.30. The van der Waals surface area contributed by atoms with E-state index < -0.39 is 17.0 Å². The molecule has 6 nitrogen and oxygen atoms in total. The highest BCUT2D eigenvalue weighted by Gasteiger charge is 2.23. The standard InChI is InChI=1S/C29H38F2N4O2/c1-29(2,3)28(36)37-19-35-18-33-27(34-35)22-11-7-10-21(14-22)23-15-25(30)24(26(31)16-23)17-32-13-12-20-8-5-4-6-9-20/h10,14-16,18,20,32H,4-9,11-13,17,19H2,1-3H3. The summed E-state index contributed by atoms with van der Waals surface area (Å²) in [6.07, 6.45) is 14.3. The highest BCUT2D eigenvalue weighted by atomic mass is 19.1. The average molecular weight is 513 g/mol. The van der Waals surface area contributed by atoms with Crippen LogP contribution in [0.1, 0.15) is 89.1 Å². The number of aromatic nitrogens is 3. The van der Waals surface area contributed by atoms with Crippen LogP contribution >= 0.6 is 0 Å². The minimum Gasteiger partial charge on any atom is -0.442 e. The van der Waals surface area contributed by atoms with Gasteiger partial charge < -0.3 is 10.1 Å². The van der Waals surface area contributed by atoms with Gasteiger partial charge in [-0.15, -0.1) is 5.10 Å². The van der Waals surface area contributed by atoms with Crippen LogP contribution in [0.3, 0.4) is 0 Å². The Morgan fingerprint density at radius 3 is 2.59 bits per heavy atom. The van der Waals surface area contributed by atoms with E-state index in [4.69, 9.17) is 4.74 Å². The fourth-order valence-electron chi connectivity index (χ4n) is 4.86. The second-order valence-corrected chi connectivity index (χ2v) is 11.2. The number of allylic oxidation sites excluding steroid dienone is 4. The summed E-state index contributed by atoms with van der Waals surface area (Å²) in [4.78, 5) is 16.3. The van der Waals surface area contributed by atoms with Crippen LogP contribution in [0.2, 0.25) is 0 Å². The quantitative estimate of drug-likeness (QED) is 0.310. The molecule has 0 atom stereocenters. The lowest BCUT2D eigenvalue weighted by atomic mass is 9.87. The number of benzene rings is 1. The second kappa shape index (κ2) is 12.1. The van der Waals surface area contributed by atoms with E-state index in [1.54, 1.807) is 20.8 Å². The number of carbonyl (C=O) groups excluding carboxylic acids is 1. The molecule has 200 valence electrons. The zero-order valence-corrected chi connectivity index (χ0v) is 22.2. The minimum absolute atomic E-state index is 0.0222. The number of esters is 1. The van der Waals surface area contributed by atoms with Crippen molar-refractivity contribution in [2.75, 3.05) is 6.54 Å². The molecule has 0 unspecified atom stereocenters. The number of hydrogen-bond acceptors (Lipinski definition) is 5. The molecule has 1 fully saturated rings. The predicted molar refractivity (Wildman–Crippen MR) is 140 cm³/mol. The Labute approximate surface area is 218 Å². The lowest BCUT2D eigenvalue weighted by Crippen LogP contribution is -2.24. The Morgan fingerprint density at radius 1 is 1.16 bits per heavy atom. The van der Waals surface area contributed by atoms with Gasteiger partial charge in [0.25, 0.3) is 0 Å². The number of hydrogen-bond donors (Lipinski definition) is 1. The molecule has 0 radical (unpaired) electrons. The van der Waals surface area contributed by atoms with E-state index in [1.165, 1.54) is 55.2 Å². The highest BCUT2D eigenvalue weighted by molar-refractivity contribution is 5.84. The predicted octanol–water partition coefficient (Wildman–Crippen LogP) is 6.42. The Balaban J connectivity index is 1.37. The van der Waals surface area contributed by atoms with Crippen molar-refractivity contribution < 1.29 is 18.3 Å². The maximum absolute atomic E-state index is 14.9. The van der Waals surface area contributed by atoms with Crippen LogP contribution in [-0.2, 0) is 22.8 Å². The van der Waals surface area contributed by atoms with Crippen molar-refractivity contribution in [1.82, 2.24) is 20.1 Å². The molecule has 0 bridgehead atoms. The monoisotopic (exact) mass is 512 g/mol. The molecule has 37 heavy (non-hydrogen) atoms. The first-order valence-electron chi connectivity index (χ1n) is 13.4. The van der Waals surface area contributed by atoms with Crippen molar-refractivity contribution in [1.29, 1.82) is 0 Å². The molecule has 1 saturated carbocycles. The molecule has 2 aliphatic rings. The third-order valence-electron chi connectivity index (χ3n) is 7.10. The Morgan fingerprint density at radius 2 is 1.89 bits per heavy atom. The minimum atomic E-state index is -0.597. The van der Waals surface area contributed by atoms with E-state index in [-0.39, 0.29) is 24.8 Å². The Bertz CT molecular complexity index is 1130. The largest absolute Gasteiger partial charge is 0.442 e.